The van der Waals surface area contributed by atoms with Gasteiger partial charge in [-0.2, -0.15) is 0 Å². The number of aliphatic carboxylic acids is 1. The van der Waals surface area contributed by atoms with Crippen molar-refractivity contribution in [1.29, 1.82) is 0 Å². The number of imidazole rings is 1. The molecule has 0 spiro atoms. The molecule has 1 aromatic heterocycles. The van der Waals surface area contributed by atoms with Gasteiger partial charge in [0.15, 0.2) is 5.52 Å². The summed E-state index contributed by atoms with van der Waals surface area (Å²) in [6.07, 6.45) is 1.11. The number of benzene rings is 1. The Labute approximate surface area is 88.9 Å². The number of carboxylic acids is 1. The van der Waals surface area contributed by atoms with E-state index in [9.17, 15) is 14.9 Å². The first-order chi connectivity index (χ1) is 7.59. The first kappa shape index (κ1) is 10.1. The first-order valence-electron chi connectivity index (χ1n) is 4.40. The highest BCUT2D eigenvalue weighted by molar-refractivity contribution is 5.89. The molecular formula is C9H7N3O4. The summed E-state index contributed by atoms with van der Waals surface area (Å²) in [5.41, 5.74) is 0.927. The lowest BCUT2D eigenvalue weighted by atomic mass is 10.1. The fraction of sp³-hybridized carbons (Fsp3) is 0.111. The Balaban J connectivity index is 2.63. The van der Waals surface area contributed by atoms with E-state index >= 15 is 0 Å². The topological polar surface area (TPSA) is 109 Å². The predicted molar refractivity (Wildman–Crippen MR) is 54.1 cm³/mol. The lowest BCUT2D eigenvalue weighted by Crippen LogP contribution is -2.01. The number of carboxylic acid groups (broad SMARTS) is 1. The molecule has 0 saturated carbocycles. The number of non-ortho nitro benzene ring substituents is 1. The minimum atomic E-state index is -0.996. The van der Waals surface area contributed by atoms with Crippen molar-refractivity contribution in [2.45, 2.75) is 6.42 Å². The van der Waals surface area contributed by atoms with Gasteiger partial charge in [-0.1, -0.05) is 0 Å². The molecule has 7 nitrogen and oxygen atoms in total. The van der Waals surface area contributed by atoms with E-state index in [0.717, 1.165) is 0 Å². The standard InChI is InChI=1S/C9H7N3O4/c13-7(14)3-5-1-2-6(12(15)16)9-8(5)10-4-11-9/h1-2,4H,3H2,(H,10,11)(H,13,14). The normalized spacial score (nSPS) is 10.5. The van der Waals surface area contributed by atoms with Crippen LogP contribution in [0.25, 0.3) is 11.0 Å². The maximum Gasteiger partial charge on any atom is 0.307 e. The van der Waals surface area contributed by atoms with E-state index in [1.54, 1.807) is 0 Å². The number of nitrogens with zero attached hydrogens (tertiary/aromatic N) is 2. The van der Waals surface area contributed by atoms with E-state index in [1.807, 2.05) is 0 Å². The second kappa shape index (κ2) is 3.61. The van der Waals surface area contributed by atoms with Crippen molar-refractivity contribution in [3.05, 3.63) is 34.1 Å². The Hall–Kier alpha value is -2.44. The van der Waals surface area contributed by atoms with Gasteiger partial charge >= 0.3 is 5.97 Å². The van der Waals surface area contributed by atoms with E-state index < -0.39 is 10.9 Å². The second-order valence-electron chi connectivity index (χ2n) is 3.20. The number of aromatic amines is 1. The van der Waals surface area contributed by atoms with Gasteiger partial charge in [-0.15, -0.1) is 0 Å². The van der Waals surface area contributed by atoms with E-state index in [0.29, 0.717) is 11.1 Å². The average molecular weight is 221 g/mol. The van der Waals surface area contributed by atoms with Gasteiger partial charge in [0.25, 0.3) is 5.69 Å². The SMILES string of the molecule is O=C(O)Cc1ccc([N+](=O)[O-])c2nc[nH]c12. The predicted octanol–water partition coefficient (Wildman–Crippen LogP) is 1.10. The van der Waals surface area contributed by atoms with Crippen LogP contribution >= 0.6 is 0 Å². The quantitative estimate of drug-likeness (QED) is 0.595. The van der Waals surface area contributed by atoms with Crippen LogP contribution in [-0.2, 0) is 11.2 Å². The highest BCUT2D eigenvalue weighted by Crippen LogP contribution is 2.25. The van der Waals surface area contributed by atoms with Gasteiger partial charge in [-0.05, 0) is 11.6 Å². The minimum absolute atomic E-state index is 0.134. The van der Waals surface area contributed by atoms with Crippen LogP contribution in [0.3, 0.4) is 0 Å². The molecule has 2 rings (SSSR count). The number of nitrogens with one attached hydrogen (secondary N) is 1. The molecule has 0 aliphatic carbocycles. The lowest BCUT2D eigenvalue weighted by molar-refractivity contribution is -0.383. The Morgan fingerprint density at radius 2 is 2.31 bits per heavy atom. The molecule has 0 saturated heterocycles. The van der Waals surface area contributed by atoms with Crippen LogP contribution in [0.1, 0.15) is 5.56 Å². The molecule has 0 atom stereocenters. The molecule has 16 heavy (non-hydrogen) atoms. The number of aromatic nitrogens is 2. The smallest absolute Gasteiger partial charge is 0.307 e. The Morgan fingerprint density at radius 1 is 1.56 bits per heavy atom. The molecule has 2 aromatic rings. The summed E-state index contributed by atoms with van der Waals surface area (Å²) < 4.78 is 0. The Kier molecular flexibility index (Phi) is 2.28. The molecule has 0 radical (unpaired) electrons. The number of carbonyl (C=O) groups is 1. The number of H-pyrrole nitrogens is 1. The van der Waals surface area contributed by atoms with Crippen LogP contribution in [0.2, 0.25) is 0 Å². The number of rotatable bonds is 3. The molecule has 1 aromatic carbocycles. The maximum absolute atomic E-state index is 10.7. The summed E-state index contributed by atoms with van der Waals surface area (Å²) in [4.78, 5) is 27.2. The molecule has 7 heteroatoms. The number of nitro benzene ring substituents is 1. The van der Waals surface area contributed by atoms with Crippen LogP contribution in [0.5, 0.6) is 0 Å². The number of hydrogen-bond donors (Lipinski definition) is 2. The van der Waals surface area contributed by atoms with Gasteiger partial charge in [0.1, 0.15) is 0 Å². The third-order valence-corrected chi connectivity index (χ3v) is 2.18. The average Bonchev–Trinajstić information content (AvgIpc) is 2.65. The third kappa shape index (κ3) is 1.58. The maximum atomic E-state index is 10.7. The molecule has 0 fully saturated rings. The van der Waals surface area contributed by atoms with E-state index in [4.69, 9.17) is 5.11 Å². The fourth-order valence-electron chi connectivity index (χ4n) is 1.53. The van der Waals surface area contributed by atoms with Gasteiger partial charge in [-0.3, -0.25) is 14.9 Å². The highest BCUT2D eigenvalue weighted by atomic mass is 16.6. The van der Waals surface area contributed by atoms with Crippen LogP contribution < -0.4 is 0 Å². The zero-order valence-corrected chi connectivity index (χ0v) is 8.01. The molecule has 0 aliphatic heterocycles. The van der Waals surface area contributed by atoms with Crippen molar-refractivity contribution in [2.24, 2.45) is 0 Å². The molecule has 0 aliphatic rings. The summed E-state index contributed by atoms with van der Waals surface area (Å²) in [6, 6.07) is 2.69. The first-order valence-corrected chi connectivity index (χ1v) is 4.40. The second-order valence-corrected chi connectivity index (χ2v) is 3.20. The van der Waals surface area contributed by atoms with Gasteiger partial charge in [0, 0.05) is 6.07 Å². The van der Waals surface area contributed by atoms with Gasteiger partial charge in [0.2, 0.25) is 0 Å². The van der Waals surface area contributed by atoms with Crippen LogP contribution in [-0.4, -0.2) is 26.0 Å². The van der Waals surface area contributed by atoms with Crippen LogP contribution in [0.4, 0.5) is 5.69 Å². The largest absolute Gasteiger partial charge is 0.481 e. The molecule has 82 valence electrons. The minimum Gasteiger partial charge on any atom is -0.481 e. The van der Waals surface area contributed by atoms with Crippen LogP contribution in [0, 0.1) is 10.1 Å². The van der Waals surface area contributed by atoms with Gasteiger partial charge in [0.05, 0.1) is 23.2 Å². The van der Waals surface area contributed by atoms with Crippen molar-refractivity contribution in [2.75, 3.05) is 0 Å². The summed E-state index contributed by atoms with van der Waals surface area (Å²) in [5.74, 6) is -0.996. The molecule has 0 unspecified atom stereocenters. The van der Waals surface area contributed by atoms with Crippen molar-refractivity contribution in [1.82, 2.24) is 9.97 Å². The molecule has 0 amide bonds. The summed E-state index contributed by atoms with van der Waals surface area (Å²) in [6.45, 7) is 0. The molecule has 0 bridgehead atoms. The fourth-order valence-corrected chi connectivity index (χ4v) is 1.53. The highest BCUT2D eigenvalue weighted by Gasteiger charge is 2.17. The van der Waals surface area contributed by atoms with Crippen LogP contribution in [0.15, 0.2) is 18.5 Å². The van der Waals surface area contributed by atoms with Crippen molar-refractivity contribution in [3.63, 3.8) is 0 Å². The molecular weight excluding hydrogens is 214 g/mol. The van der Waals surface area contributed by atoms with E-state index in [-0.39, 0.29) is 17.6 Å². The van der Waals surface area contributed by atoms with Gasteiger partial charge < -0.3 is 10.1 Å². The number of hydrogen-bond acceptors (Lipinski definition) is 4. The molecule has 1 heterocycles. The van der Waals surface area contributed by atoms with E-state index in [2.05, 4.69) is 9.97 Å². The van der Waals surface area contributed by atoms with Crippen molar-refractivity contribution >= 4 is 22.7 Å². The zero-order chi connectivity index (χ0) is 11.7. The van der Waals surface area contributed by atoms with Crippen molar-refractivity contribution < 1.29 is 14.8 Å². The number of fused-ring (bicyclic) bond motifs is 1. The summed E-state index contributed by atoms with van der Waals surface area (Å²) >= 11 is 0. The van der Waals surface area contributed by atoms with Crippen molar-refractivity contribution in [3.8, 4) is 0 Å². The summed E-state index contributed by atoms with van der Waals surface area (Å²) in [5, 5.41) is 19.4. The lowest BCUT2D eigenvalue weighted by Gasteiger charge is -1.99. The summed E-state index contributed by atoms with van der Waals surface area (Å²) in [7, 11) is 0. The Bertz CT molecular complexity index is 575. The Morgan fingerprint density at radius 3 is 2.94 bits per heavy atom. The number of nitro groups is 1. The zero-order valence-electron chi connectivity index (χ0n) is 8.01. The van der Waals surface area contributed by atoms with E-state index in [1.165, 1.54) is 18.5 Å². The monoisotopic (exact) mass is 221 g/mol. The third-order valence-electron chi connectivity index (χ3n) is 2.18. The van der Waals surface area contributed by atoms with Gasteiger partial charge in [-0.25, -0.2) is 4.98 Å². The molecule has 2 N–H and O–H groups in total.